The SMILES string of the molecule is Cc1cccc(C)c1C(CN)N1CCc2ccccc21. The zero-order chi connectivity index (χ0) is 14.1. The molecule has 1 aliphatic heterocycles. The molecule has 1 unspecified atom stereocenters. The van der Waals surface area contributed by atoms with Crippen molar-refractivity contribution in [2.45, 2.75) is 26.3 Å². The Bertz CT molecular complexity index is 598. The molecule has 0 aromatic heterocycles. The fourth-order valence-corrected chi connectivity index (χ4v) is 3.44. The van der Waals surface area contributed by atoms with Gasteiger partial charge >= 0.3 is 0 Å². The molecule has 0 aliphatic carbocycles. The minimum Gasteiger partial charge on any atom is -0.363 e. The molecule has 2 heteroatoms. The van der Waals surface area contributed by atoms with Crippen LogP contribution in [0.2, 0.25) is 0 Å². The van der Waals surface area contributed by atoms with Crippen molar-refractivity contribution in [2.75, 3.05) is 18.0 Å². The molecule has 1 atom stereocenters. The molecule has 0 saturated heterocycles. The van der Waals surface area contributed by atoms with Crippen LogP contribution < -0.4 is 10.6 Å². The van der Waals surface area contributed by atoms with Crippen molar-refractivity contribution in [2.24, 2.45) is 5.73 Å². The zero-order valence-corrected chi connectivity index (χ0v) is 12.3. The lowest BCUT2D eigenvalue weighted by molar-refractivity contribution is 0.642. The van der Waals surface area contributed by atoms with Crippen LogP contribution in [0.3, 0.4) is 0 Å². The van der Waals surface area contributed by atoms with Gasteiger partial charge < -0.3 is 10.6 Å². The molecule has 0 fully saturated rings. The third kappa shape index (κ3) is 2.10. The Hall–Kier alpha value is -1.80. The van der Waals surface area contributed by atoms with Crippen molar-refractivity contribution in [1.29, 1.82) is 0 Å². The van der Waals surface area contributed by atoms with Crippen LogP contribution in [0.15, 0.2) is 42.5 Å². The average molecular weight is 266 g/mol. The van der Waals surface area contributed by atoms with E-state index in [2.05, 4.69) is 61.2 Å². The molecule has 2 aromatic carbocycles. The quantitative estimate of drug-likeness (QED) is 0.923. The second-order valence-electron chi connectivity index (χ2n) is 5.63. The van der Waals surface area contributed by atoms with Crippen LogP contribution >= 0.6 is 0 Å². The molecule has 20 heavy (non-hydrogen) atoms. The molecule has 0 amide bonds. The van der Waals surface area contributed by atoms with E-state index in [9.17, 15) is 0 Å². The van der Waals surface area contributed by atoms with E-state index in [0.717, 1.165) is 13.0 Å². The Morgan fingerprint density at radius 1 is 1.05 bits per heavy atom. The Labute approximate surface area is 121 Å². The van der Waals surface area contributed by atoms with Crippen molar-refractivity contribution in [3.63, 3.8) is 0 Å². The Balaban J connectivity index is 2.04. The third-order valence-electron chi connectivity index (χ3n) is 4.40. The van der Waals surface area contributed by atoms with Crippen molar-refractivity contribution in [3.8, 4) is 0 Å². The summed E-state index contributed by atoms with van der Waals surface area (Å²) in [5, 5.41) is 0. The molecule has 1 heterocycles. The van der Waals surface area contributed by atoms with E-state index in [1.807, 2.05) is 0 Å². The lowest BCUT2D eigenvalue weighted by atomic mass is 9.95. The van der Waals surface area contributed by atoms with Gasteiger partial charge in [0.1, 0.15) is 0 Å². The van der Waals surface area contributed by atoms with Gasteiger partial charge in [-0.2, -0.15) is 0 Å². The van der Waals surface area contributed by atoms with E-state index in [1.165, 1.54) is 27.9 Å². The van der Waals surface area contributed by atoms with Crippen LogP contribution in [0.4, 0.5) is 5.69 Å². The van der Waals surface area contributed by atoms with Crippen LogP contribution in [0.1, 0.15) is 28.3 Å². The minimum atomic E-state index is 0.278. The predicted octanol–water partition coefficient (Wildman–Crippen LogP) is 3.37. The summed E-state index contributed by atoms with van der Waals surface area (Å²) < 4.78 is 0. The highest BCUT2D eigenvalue weighted by atomic mass is 15.2. The number of aryl methyl sites for hydroxylation is 2. The maximum absolute atomic E-state index is 6.14. The summed E-state index contributed by atoms with van der Waals surface area (Å²) in [5.74, 6) is 0. The first-order valence-electron chi connectivity index (χ1n) is 7.33. The van der Waals surface area contributed by atoms with E-state index in [1.54, 1.807) is 0 Å². The van der Waals surface area contributed by atoms with Gasteiger partial charge in [0.2, 0.25) is 0 Å². The number of rotatable bonds is 3. The maximum Gasteiger partial charge on any atom is 0.0670 e. The first-order valence-corrected chi connectivity index (χ1v) is 7.33. The van der Waals surface area contributed by atoms with Crippen LogP contribution in [-0.2, 0) is 6.42 Å². The smallest absolute Gasteiger partial charge is 0.0670 e. The largest absolute Gasteiger partial charge is 0.363 e. The van der Waals surface area contributed by atoms with Gasteiger partial charge in [-0.1, -0.05) is 36.4 Å². The maximum atomic E-state index is 6.14. The summed E-state index contributed by atoms with van der Waals surface area (Å²) in [5.41, 5.74) is 13.0. The Morgan fingerprint density at radius 3 is 2.45 bits per heavy atom. The fourth-order valence-electron chi connectivity index (χ4n) is 3.44. The zero-order valence-electron chi connectivity index (χ0n) is 12.3. The monoisotopic (exact) mass is 266 g/mol. The van der Waals surface area contributed by atoms with Crippen LogP contribution in [-0.4, -0.2) is 13.1 Å². The van der Waals surface area contributed by atoms with Gasteiger partial charge in [0.05, 0.1) is 6.04 Å². The van der Waals surface area contributed by atoms with Crippen LogP contribution in [0, 0.1) is 13.8 Å². The second kappa shape index (κ2) is 5.29. The summed E-state index contributed by atoms with van der Waals surface area (Å²) >= 11 is 0. The van der Waals surface area contributed by atoms with Gasteiger partial charge in [0.15, 0.2) is 0 Å². The summed E-state index contributed by atoms with van der Waals surface area (Å²) in [4.78, 5) is 2.48. The van der Waals surface area contributed by atoms with Crippen molar-refractivity contribution < 1.29 is 0 Å². The molecule has 0 spiro atoms. The number of para-hydroxylation sites is 1. The molecule has 2 N–H and O–H groups in total. The topological polar surface area (TPSA) is 29.3 Å². The molecular formula is C18H22N2. The molecule has 104 valence electrons. The van der Waals surface area contributed by atoms with Gasteiger partial charge in [-0.05, 0) is 48.6 Å². The number of benzene rings is 2. The number of hydrogen-bond acceptors (Lipinski definition) is 2. The standard InChI is InChI=1S/C18H22N2/c1-13-6-5-7-14(2)18(13)17(12-19)20-11-10-15-8-3-4-9-16(15)20/h3-9,17H,10-12,19H2,1-2H3. The predicted molar refractivity (Wildman–Crippen MR) is 85.2 cm³/mol. The molecule has 2 nitrogen and oxygen atoms in total. The number of nitrogens with zero attached hydrogens (tertiary/aromatic N) is 1. The van der Waals surface area contributed by atoms with Crippen molar-refractivity contribution >= 4 is 5.69 Å². The first-order chi connectivity index (χ1) is 9.72. The third-order valence-corrected chi connectivity index (χ3v) is 4.40. The van der Waals surface area contributed by atoms with Crippen molar-refractivity contribution in [1.82, 2.24) is 0 Å². The first kappa shape index (κ1) is 13.2. The second-order valence-corrected chi connectivity index (χ2v) is 5.63. The minimum absolute atomic E-state index is 0.278. The van der Waals surface area contributed by atoms with E-state index in [0.29, 0.717) is 6.54 Å². The highest BCUT2D eigenvalue weighted by molar-refractivity contribution is 5.60. The molecule has 0 radical (unpaired) electrons. The molecule has 1 aliphatic rings. The number of nitrogens with two attached hydrogens (primary N) is 1. The van der Waals surface area contributed by atoms with E-state index < -0.39 is 0 Å². The van der Waals surface area contributed by atoms with Crippen LogP contribution in [0.5, 0.6) is 0 Å². The van der Waals surface area contributed by atoms with Crippen molar-refractivity contribution in [3.05, 3.63) is 64.7 Å². The molecule has 0 saturated carbocycles. The fraction of sp³-hybridized carbons (Fsp3) is 0.333. The lowest BCUT2D eigenvalue weighted by Gasteiger charge is -2.32. The molecule has 2 aromatic rings. The normalized spacial score (nSPS) is 15.2. The van der Waals surface area contributed by atoms with Gasteiger partial charge in [-0.3, -0.25) is 0 Å². The Kier molecular flexibility index (Phi) is 3.49. The number of hydrogen-bond donors (Lipinski definition) is 1. The van der Waals surface area contributed by atoms with E-state index in [4.69, 9.17) is 5.73 Å². The lowest BCUT2D eigenvalue weighted by Crippen LogP contribution is -2.33. The van der Waals surface area contributed by atoms with Gasteiger partial charge in [0.25, 0.3) is 0 Å². The van der Waals surface area contributed by atoms with E-state index in [-0.39, 0.29) is 6.04 Å². The highest BCUT2D eigenvalue weighted by Crippen LogP contribution is 2.36. The summed E-state index contributed by atoms with van der Waals surface area (Å²) in [6.45, 7) is 6.09. The molecular weight excluding hydrogens is 244 g/mol. The summed E-state index contributed by atoms with van der Waals surface area (Å²) in [6.07, 6.45) is 1.12. The summed E-state index contributed by atoms with van der Waals surface area (Å²) in [7, 11) is 0. The average Bonchev–Trinajstić information content (AvgIpc) is 2.87. The number of fused-ring (bicyclic) bond motifs is 1. The van der Waals surface area contributed by atoms with Crippen LogP contribution in [0.25, 0.3) is 0 Å². The Morgan fingerprint density at radius 2 is 1.75 bits per heavy atom. The van der Waals surface area contributed by atoms with Gasteiger partial charge in [-0.15, -0.1) is 0 Å². The van der Waals surface area contributed by atoms with Gasteiger partial charge in [-0.25, -0.2) is 0 Å². The summed E-state index contributed by atoms with van der Waals surface area (Å²) in [6, 6.07) is 15.5. The van der Waals surface area contributed by atoms with E-state index >= 15 is 0 Å². The highest BCUT2D eigenvalue weighted by Gasteiger charge is 2.27. The molecule has 0 bridgehead atoms. The van der Waals surface area contributed by atoms with Gasteiger partial charge in [0, 0.05) is 18.8 Å². The molecule has 3 rings (SSSR count). The number of anilines is 1.